The van der Waals surface area contributed by atoms with Crippen LogP contribution in [0.4, 0.5) is 0 Å². The van der Waals surface area contributed by atoms with E-state index in [-0.39, 0.29) is 4.90 Å². The average Bonchev–Trinajstić information content (AvgIpc) is 2.77. The number of rotatable bonds is 4. The molecule has 0 aromatic carbocycles. The van der Waals surface area contributed by atoms with E-state index in [0.29, 0.717) is 26.2 Å². The Balaban J connectivity index is 2.14. The first-order chi connectivity index (χ1) is 9.14. The maximum absolute atomic E-state index is 12.5. The van der Waals surface area contributed by atoms with Crippen molar-refractivity contribution in [1.29, 1.82) is 0 Å². The zero-order valence-electron chi connectivity index (χ0n) is 11.2. The number of aromatic nitrogens is 2. The Morgan fingerprint density at radius 3 is 2.42 bits per heavy atom. The minimum atomic E-state index is -3.39. The minimum Gasteiger partial charge on any atom is -0.329 e. The molecule has 6 nitrogen and oxygen atoms in total. The molecule has 7 heteroatoms. The Labute approximate surface area is 114 Å². The molecule has 1 fully saturated rings. The molecular formula is C12H22N4O2S. The second-order valence-corrected chi connectivity index (χ2v) is 6.84. The van der Waals surface area contributed by atoms with Crippen molar-refractivity contribution in [2.75, 3.05) is 19.6 Å². The van der Waals surface area contributed by atoms with Crippen LogP contribution in [-0.4, -0.2) is 42.1 Å². The number of nitrogens with zero attached hydrogens (tertiary/aromatic N) is 3. The molecule has 0 unspecified atom stereocenters. The minimum absolute atomic E-state index is 0.279. The largest absolute Gasteiger partial charge is 0.329 e. The summed E-state index contributed by atoms with van der Waals surface area (Å²) < 4.78 is 28.2. The molecule has 0 bridgehead atoms. The van der Waals surface area contributed by atoms with E-state index < -0.39 is 10.0 Å². The van der Waals surface area contributed by atoms with Gasteiger partial charge < -0.3 is 5.73 Å². The van der Waals surface area contributed by atoms with E-state index >= 15 is 0 Å². The molecular weight excluding hydrogens is 264 g/mol. The lowest BCUT2D eigenvalue weighted by Crippen LogP contribution is -2.33. The maximum atomic E-state index is 12.5. The smallest absolute Gasteiger partial charge is 0.246 e. The lowest BCUT2D eigenvalue weighted by molar-refractivity contribution is 0.364. The van der Waals surface area contributed by atoms with Crippen LogP contribution in [0.3, 0.4) is 0 Å². The van der Waals surface area contributed by atoms with Gasteiger partial charge in [-0.05, 0) is 12.8 Å². The number of sulfonamides is 1. The molecule has 0 spiro atoms. The predicted molar refractivity (Wildman–Crippen MR) is 73.1 cm³/mol. The van der Waals surface area contributed by atoms with Gasteiger partial charge in [0.1, 0.15) is 4.90 Å². The van der Waals surface area contributed by atoms with Gasteiger partial charge in [0.15, 0.2) is 0 Å². The monoisotopic (exact) mass is 286 g/mol. The lowest BCUT2D eigenvalue weighted by atomic mass is 10.1. The van der Waals surface area contributed by atoms with Gasteiger partial charge in [0.2, 0.25) is 10.0 Å². The highest BCUT2D eigenvalue weighted by Gasteiger charge is 2.25. The van der Waals surface area contributed by atoms with Crippen LogP contribution in [0.5, 0.6) is 0 Å². The van der Waals surface area contributed by atoms with Crippen LogP contribution in [0.1, 0.15) is 32.1 Å². The van der Waals surface area contributed by atoms with Gasteiger partial charge >= 0.3 is 0 Å². The van der Waals surface area contributed by atoms with Gasteiger partial charge in [-0.25, -0.2) is 8.42 Å². The third kappa shape index (κ3) is 3.55. The van der Waals surface area contributed by atoms with Crippen LogP contribution in [0.15, 0.2) is 17.3 Å². The Bertz CT molecular complexity index is 490. The Hall–Kier alpha value is -0.920. The number of nitrogens with two attached hydrogens (primary N) is 1. The van der Waals surface area contributed by atoms with Crippen LogP contribution in [0, 0.1) is 0 Å². The molecule has 2 N–H and O–H groups in total. The van der Waals surface area contributed by atoms with Crippen molar-refractivity contribution in [1.82, 2.24) is 14.1 Å². The van der Waals surface area contributed by atoms with Crippen molar-refractivity contribution < 1.29 is 8.42 Å². The molecule has 1 aromatic heterocycles. The predicted octanol–water partition coefficient (Wildman–Crippen LogP) is 0.797. The molecule has 2 heterocycles. The van der Waals surface area contributed by atoms with E-state index in [1.165, 1.54) is 12.6 Å². The first-order valence-corrected chi connectivity index (χ1v) is 8.31. The Morgan fingerprint density at radius 1 is 1.16 bits per heavy atom. The van der Waals surface area contributed by atoms with Crippen molar-refractivity contribution in [3.05, 3.63) is 12.4 Å². The summed E-state index contributed by atoms with van der Waals surface area (Å²) in [6.45, 7) is 2.22. The van der Waals surface area contributed by atoms with Crippen molar-refractivity contribution in [3.63, 3.8) is 0 Å². The summed E-state index contributed by atoms with van der Waals surface area (Å²) in [6.07, 6.45) is 8.30. The van der Waals surface area contributed by atoms with Gasteiger partial charge in [0, 0.05) is 25.8 Å². The third-order valence-electron chi connectivity index (χ3n) is 3.42. The van der Waals surface area contributed by atoms with Crippen molar-refractivity contribution in [3.8, 4) is 0 Å². The summed E-state index contributed by atoms with van der Waals surface area (Å²) in [7, 11) is -3.39. The summed E-state index contributed by atoms with van der Waals surface area (Å²) in [5, 5.41) is 4.04. The molecule has 1 aliphatic heterocycles. The van der Waals surface area contributed by atoms with E-state index in [0.717, 1.165) is 25.7 Å². The molecule has 0 saturated carbocycles. The van der Waals surface area contributed by atoms with Crippen LogP contribution in [0.25, 0.3) is 0 Å². The summed E-state index contributed by atoms with van der Waals surface area (Å²) in [5.74, 6) is 0. The normalized spacial score (nSPS) is 19.0. The molecule has 0 aliphatic carbocycles. The highest BCUT2D eigenvalue weighted by molar-refractivity contribution is 7.89. The van der Waals surface area contributed by atoms with E-state index in [4.69, 9.17) is 5.73 Å². The van der Waals surface area contributed by atoms with Crippen LogP contribution >= 0.6 is 0 Å². The Morgan fingerprint density at radius 2 is 1.79 bits per heavy atom. The highest BCUT2D eigenvalue weighted by atomic mass is 32.2. The summed E-state index contributed by atoms with van der Waals surface area (Å²) >= 11 is 0. The van der Waals surface area contributed by atoms with Crippen LogP contribution < -0.4 is 5.73 Å². The van der Waals surface area contributed by atoms with Crippen LogP contribution in [0.2, 0.25) is 0 Å². The van der Waals surface area contributed by atoms with Gasteiger partial charge in [-0.15, -0.1) is 0 Å². The van der Waals surface area contributed by atoms with Gasteiger partial charge in [0.05, 0.1) is 12.7 Å². The molecule has 0 radical (unpaired) electrons. The molecule has 1 aromatic rings. The number of hydrogen-bond acceptors (Lipinski definition) is 4. The Kier molecular flexibility index (Phi) is 4.95. The fourth-order valence-corrected chi connectivity index (χ4v) is 3.81. The zero-order valence-corrected chi connectivity index (χ0v) is 12.0. The summed E-state index contributed by atoms with van der Waals surface area (Å²) in [5.41, 5.74) is 5.44. The van der Waals surface area contributed by atoms with Crippen molar-refractivity contribution >= 4 is 10.0 Å². The SMILES string of the molecule is NCCn1cc(S(=O)(=O)N2CCCCCCC2)cn1. The second kappa shape index (κ2) is 6.49. The van der Waals surface area contributed by atoms with Gasteiger partial charge in [-0.1, -0.05) is 19.3 Å². The number of hydrogen-bond donors (Lipinski definition) is 1. The average molecular weight is 286 g/mol. The van der Waals surface area contributed by atoms with Gasteiger partial charge in [0.25, 0.3) is 0 Å². The highest BCUT2D eigenvalue weighted by Crippen LogP contribution is 2.19. The molecule has 0 amide bonds. The van der Waals surface area contributed by atoms with Crippen molar-refractivity contribution in [2.24, 2.45) is 5.73 Å². The van der Waals surface area contributed by atoms with Crippen LogP contribution in [-0.2, 0) is 16.6 Å². The zero-order chi connectivity index (χ0) is 13.7. The molecule has 2 rings (SSSR count). The molecule has 108 valence electrons. The fourth-order valence-electron chi connectivity index (χ4n) is 2.34. The first kappa shape index (κ1) is 14.5. The quantitative estimate of drug-likeness (QED) is 0.887. The standard InChI is InChI=1S/C12H22N4O2S/c13-6-9-15-11-12(10-14-15)19(17,18)16-7-4-2-1-3-5-8-16/h10-11H,1-9,13H2. The molecule has 1 saturated heterocycles. The van der Waals surface area contributed by atoms with Gasteiger partial charge in [-0.3, -0.25) is 4.68 Å². The van der Waals surface area contributed by atoms with E-state index in [9.17, 15) is 8.42 Å². The second-order valence-electron chi connectivity index (χ2n) is 4.90. The summed E-state index contributed by atoms with van der Waals surface area (Å²) in [4.78, 5) is 0.279. The molecule has 0 atom stereocenters. The fraction of sp³-hybridized carbons (Fsp3) is 0.750. The van der Waals surface area contributed by atoms with Gasteiger partial charge in [-0.2, -0.15) is 9.40 Å². The maximum Gasteiger partial charge on any atom is 0.246 e. The molecule has 1 aliphatic rings. The van der Waals surface area contributed by atoms with Crippen molar-refractivity contribution in [2.45, 2.75) is 43.5 Å². The molecule has 19 heavy (non-hydrogen) atoms. The van der Waals surface area contributed by atoms with E-state index in [1.54, 1.807) is 15.2 Å². The topological polar surface area (TPSA) is 81.2 Å². The van der Waals surface area contributed by atoms with E-state index in [1.807, 2.05) is 0 Å². The summed E-state index contributed by atoms with van der Waals surface area (Å²) in [6, 6.07) is 0. The lowest BCUT2D eigenvalue weighted by Gasteiger charge is -2.23. The third-order valence-corrected chi connectivity index (χ3v) is 5.27. The van der Waals surface area contributed by atoms with E-state index in [2.05, 4.69) is 5.10 Å². The first-order valence-electron chi connectivity index (χ1n) is 6.87.